The summed E-state index contributed by atoms with van der Waals surface area (Å²) >= 11 is 0. The Labute approximate surface area is 128 Å². The summed E-state index contributed by atoms with van der Waals surface area (Å²) in [7, 11) is 0. The number of ether oxygens (including phenoxy) is 1. The Morgan fingerprint density at radius 3 is 2.68 bits per heavy atom. The van der Waals surface area contributed by atoms with Gasteiger partial charge in [-0.1, -0.05) is 24.3 Å². The van der Waals surface area contributed by atoms with Crippen LogP contribution in [0.5, 0.6) is 5.75 Å². The van der Waals surface area contributed by atoms with Gasteiger partial charge in [0.25, 0.3) is 0 Å². The zero-order chi connectivity index (χ0) is 15.4. The number of aromatic nitrogens is 2. The number of nitriles is 1. The van der Waals surface area contributed by atoms with Crippen molar-refractivity contribution in [1.29, 1.82) is 5.26 Å². The van der Waals surface area contributed by atoms with E-state index in [1.54, 1.807) is 0 Å². The van der Waals surface area contributed by atoms with Crippen LogP contribution in [0.4, 0.5) is 0 Å². The maximum absolute atomic E-state index is 9.40. The van der Waals surface area contributed by atoms with Crippen LogP contribution in [0.15, 0.2) is 48.5 Å². The Balaban J connectivity index is 1.94. The van der Waals surface area contributed by atoms with Gasteiger partial charge in [0.2, 0.25) is 0 Å². The maximum atomic E-state index is 9.40. The molecule has 2 aromatic carbocycles. The molecule has 1 heterocycles. The number of allylic oxidation sites excluding steroid dienone is 1. The molecule has 1 aromatic heterocycles. The second-order valence-electron chi connectivity index (χ2n) is 4.77. The van der Waals surface area contributed by atoms with Crippen molar-refractivity contribution in [1.82, 2.24) is 9.97 Å². The Bertz CT molecular complexity index is 821. The SMILES string of the molecule is CCOc1ccc(/C=C(\C#N)c2nc3ccccc3[nH]2)cc1. The van der Waals surface area contributed by atoms with Gasteiger partial charge in [-0.15, -0.1) is 0 Å². The number of imidazole rings is 1. The summed E-state index contributed by atoms with van der Waals surface area (Å²) in [4.78, 5) is 7.63. The molecule has 0 amide bonds. The quantitative estimate of drug-likeness (QED) is 0.738. The van der Waals surface area contributed by atoms with Crippen molar-refractivity contribution in [2.24, 2.45) is 0 Å². The van der Waals surface area contributed by atoms with Crippen molar-refractivity contribution < 1.29 is 4.74 Å². The lowest BCUT2D eigenvalue weighted by atomic mass is 10.1. The molecule has 108 valence electrons. The average molecular weight is 289 g/mol. The molecule has 0 saturated carbocycles. The van der Waals surface area contributed by atoms with Crippen LogP contribution >= 0.6 is 0 Å². The van der Waals surface area contributed by atoms with E-state index < -0.39 is 0 Å². The third kappa shape index (κ3) is 2.84. The highest BCUT2D eigenvalue weighted by atomic mass is 16.5. The predicted octanol–water partition coefficient (Wildman–Crippen LogP) is 4.03. The number of rotatable bonds is 4. The smallest absolute Gasteiger partial charge is 0.149 e. The zero-order valence-electron chi connectivity index (χ0n) is 12.2. The second kappa shape index (κ2) is 6.15. The topological polar surface area (TPSA) is 61.7 Å². The lowest BCUT2D eigenvalue weighted by molar-refractivity contribution is 0.340. The zero-order valence-corrected chi connectivity index (χ0v) is 12.2. The van der Waals surface area contributed by atoms with Crippen LogP contribution in [-0.2, 0) is 0 Å². The normalized spacial score (nSPS) is 11.4. The van der Waals surface area contributed by atoms with Crippen LogP contribution in [0, 0.1) is 11.3 Å². The van der Waals surface area contributed by atoms with Crippen molar-refractivity contribution in [2.75, 3.05) is 6.61 Å². The Morgan fingerprint density at radius 2 is 2.00 bits per heavy atom. The Hall–Kier alpha value is -3.06. The molecule has 0 aliphatic heterocycles. The van der Waals surface area contributed by atoms with Crippen molar-refractivity contribution in [3.05, 3.63) is 59.9 Å². The molecular weight excluding hydrogens is 274 g/mol. The van der Waals surface area contributed by atoms with Crippen molar-refractivity contribution in [3.63, 3.8) is 0 Å². The van der Waals surface area contributed by atoms with Crippen LogP contribution in [0.3, 0.4) is 0 Å². The number of aromatic amines is 1. The van der Waals surface area contributed by atoms with E-state index in [1.165, 1.54) is 0 Å². The van der Waals surface area contributed by atoms with Gasteiger partial charge in [0.15, 0.2) is 0 Å². The Kier molecular flexibility index (Phi) is 3.88. The number of para-hydroxylation sites is 2. The highest BCUT2D eigenvalue weighted by Gasteiger charge is 2.07. The lowest BCUT2D eigenvalue weighted by Crippen LogP contribution is -1.90. The fraction of sp³-hybridized carbons (Fsp3) is 0.111. The highest BCUT2D eigenvalue weighted by Crippen LogP contribution is 2.20. The fourth-order valence-electron chi connectivity index (χ4n) is 2.23. The highest BCUT2D eigenvalue weighted by molar-refractivity contribution is 5.90. The maximum Gasteiger partial charge on any atom is 0.149 e. The first kappa shape index (κ1) is 13.9. The minimum atomic E-state index is 0.500. The number of H-pyrrole nitrogens is 1. The molecule has 4 nitrogen and oxygen atoms in total. The number of nitrogens with one attached hydrogen (secondary N) is 1. The summed E-state index contributed by atoms with van der Waals surface area (Å²) < 4.78 is 5.41. The molecule has 0 aliphatic rings. The molecule has 4 heteroatoms. The summed E-state index contributed by atoms with van der Waals surface area (Å²) in [6, 6.07) is 17.6. The van der Waals surface area contributed by atoms with Gasteiger partial charge in [-0.25, -0.2) is 4.98 Å². The van der Waals surface area contributed by atoms with Gasteiger partial charge in [-0.3, -0.25) is 0 Å². The van der Waals surface area contributed by atoms with E-state index in [0.29, 0.717) is 18.0 Å². The van der Waals surface area contributed by atoms with Crippen molar-refractivity contribution >= 4 is 22.7 Å². The van der Waals surface area contributed by atoms with Crippen LogP contribution in [0.1, 0.15) is 18.3 Å². The number of hydrogen-bond acceptors (Lipinski definition) is 3. The molecule has 0 saturated heterocycles. The molecule has 0 atom stereocenters. The number of hydrogen-bond donors (Lipinski definition) is 1. The van der Waals surface area contributed by atoms with Crippen molar-refractivity contribution in [2.45, 2.75) is 6.92 Å². The lowest BCUT2D eigenvalue weighted by Gasteiger charge is -2.02. The fourth-order valence-corrected chi connectivity index (χ4v) is 2.23. The van der Waals surface area contributed by atoms with Crippen LogP contribution < -0.4 is 4.74 Å². The average Bonchev–Trinajstić information content (AvgIpc) is 2.98. The van der Waals surface area contributed by atoms with Gasteiger partial charge in [0, 0.05) is 0 Å². The molecular formula is C18H15N3O. The van der Waals surface area contributed by atoms with Gasteiger partial charge in [0.05, 0.1) is 23.2 Å². The Morgan fingerprint density at radius 1 is 1.23 bits per heavy atom. The molecule has 0 spiro atoms. The minimum Gasteiger partial charge on any atom is -0.494 e. The monoisotopic (exact) mass is 289 g/mol. The van der Waals surface area contributed by atoms with Gasteiger partial charge in [-0.05, 0) is 42.8 Å². The number of nitrogens with zero attached hydrogens (tertiary/aromatic N) is 2. The van der Waals surface area contributed by atoms with E-state index in [9.17, 15) is 5.26 Å². The summed E-state index contributed by atoms with van der Waals surface area (Å²) in [5.74, 6) is 1.40. The molecule has 1 N–H and O–H groups in total. The van der Waals surface area contributed by atoms with E-state index in [4.69, 9.17) is 4.74 Å². The minimum absolute atomic E-state index is 0.500. The summed E-state index contributed by atoms with van der Waals surface area (Å²) in [6.07, 6.45) is 1.81. The molecule has 0 aliphatic carbocycles. The molecule has 22 heavy (non-hydrogen) atoms. The van der Waals surface area contributed by atoms with Gasteiger partial charge < -0.3 is 9.72 Å². The van der Waals surface area contributed by atoms with Gasteiger partial charge in [0.1, 0.15) is 17.6 Å². The third-order valence-corrected chi connectivity index (χ3v) is 3.27. The first-order valence-electron chi connectivity index (χ1n) is 7.10. The number of fused-ring (bicyclic) bond motifs is 1. The first-order valence-corrected chi connectivity index (χ1v) is 7.10. The van der Waals surface area contributed by atoms with Crippen LogP contribution in [0.25, 0.3) is 22.7 Å². The predicted molar refractivity (Wildman–Crippen MR) is 87.2 cm³/mol. The molecule has 3 aromatic rings. The summed E-state index contributed by atoms with van der Waals surface area (Å²) in [5, 5.41) is 9.40. The third-order valence-electron chi connectivity index (χ3n) is 3.27. The molecule has 0 bridgehead atoms. The van der Waals surface area contributed by atoms with Crippen molar-refractivity contribution in [3.8, 4) is 11.8 Å². The molecule has 3 rings (SSSR count). The van der Waals surface area contributed by atoms with E-state index in [-0.39, 0.29) is 0 Å². The van der Waals surface area contributed by atoms with Crippen LogP contribution in [0.2, 0.25) is 0 Å². The van der Waals surface area contributed by atoms with E-state index >= 15 is 0 Å². The van der Waals surface area contributed by atoms with Gasteiger partial charge in [-0.2, -0.15) is 5.26 Å². The second-order valence-corrected chi connectivity index (χ2v) is 4.77. The largest absolute Gasteiger partial charge is 0.494 e. The summed E-state index contributed by atoms with van der Waals surface area (Å²) in [6.45, 7) is 2.58. The number of benzene rings is 2. The molecule has 0 unspecified atom stereocenters. The molecule has 0 fully saturated rings. The van der Waals surface area contributed by atoms with E-state index in [1.807, 2.05) is 61.5 Å². The van der Waals surface area contributed by atoms with Crippen LogP contribution in [-0.4, -0.2) is 16.6 Å². The first-order chi connectivity index (χ1) is 10.8. The standard InChI is InChI=1S/C18H15N3O/c1-2-22-15-9-7-13(8-10-15)11-14(12-19)18-20-16-5-3-4-6-17(16)21-18/h3-11H,2H2,1H3,(H,20,21)/b14-11+. The van der Waals surface area contributed by atoms with E-state index in [0.717, 1.165) is 22.3 Å². The van der Waals surface area contributed by atoms with E-state index in [2.05, 4.69) is 16.0 Å². The molecule has 0 radical (unpaired) electrons. The van der Waals surface area contributed by atoms with Gasteiger partial charge >= 0.3 is 0 Å². The summed E-state index contributed by atoms with van der Waals surface area (Å²) in [5.41, 5.74) is 3.21.